The molecule has 0 aliphatic carbocycles. The highest BCUT2D eigenvalue weighted by molar-refractivity contribution is 5.94. The fourth-order valence-electron chi connectivity index (χ4n) is 0.858. The van der Waals surface area contributed by atoms with Gasteiger partial charge in [0.25, 0.3) is 0 Å². The lowest BCUT2D eigenvalue weighted by atomic mass is 10.2. The summed E-state index contributed by atoms with van der Waals surface area (Å²) in [6.45, 7) is -0.257. The zero-order chi connectivity index (χ0) is 9.68. The summed E-state index contributed by atoms with van der Waals surface area (Å²) in [4.78, 5) is 11.2. The molecule has 0 heterocycles. The molecule has 0 aliphatic heterocycles. The average Bonchev–Trinajstić information content (AvgIpc) is 2.15. The van der Waals surface area contributed by atoms with E-state index < -0.39 is 5.97 Å². The molecule has 4 nitrogen and oxygen atoms in total. The summed E-state index contributed by atoms with van der Waals surface area (Å²) in [5, 5.41) is 8.17. The topological polar surface area (TPSA) is 76.1 Å². The molecule has 66 valence electrons. The lowest BCUT2D eigenvalue weighted by Gasteiger charge is -2.02. The number of esters is 1. The number of rotatable bonds is 2. The van der Waals surface area contributed by atoms with Crippen LogP contribution in [0.3, 0.4) is 0 Å². The van der Waals surface area contributed by atoms with Crippen LogP contribution in [0.4, 0.5) is 5.69 Å². The van der Waals surface area contributed by atoms with Gasteiger partial charge < -0.3 is 10.5 Å². The number of anilines is 1. The van der Waals surface area contributed by atoms with Crippen LogP contribution < -0.4 is 5.73 Å². The van der Waals surface area contributed by atoms with Gasteiger partial charge in [-0.3, -0.25) is 0 Å². The second-order valence-corrected chi connectivity index (χ2v) is 2.32. The van der Waals surface area contributed by atoms with Gasteiger partial charge in [-0.25, -0.2) is 4.79 Å². The van der Waals surface area contributed by atoms with Crippen molar-refractivity contribution >= 4 is 11.7 Å². The summed E-state index contributed by atoms with van der Waals surface area (Å²) in [7, 11) is 0. The predicted octanol–water partition coefficient (Wildman–Crippen LogP) is 0.949. The third kappa shape index (κ3) is 2.20. The summed E-state index contributed by atoms with van der Waals surface area (Å²) in [6.07, 6.45) is 0. The Balaban J connectivity index is 2.78. The number of para-hydroxylation sites is 1. The summed E-state index contributed by atoms with van der Waals surface area (Å²) in [5.74, 6) is -0.570. The van der Waals surface area contributed by atoms with Gasteiger partial charge in [-0.15, -0.1) is 0 Å². The second-order valence-electron chi connectivity index (χ2n) is 2.32. The van der Waals surface area contributed by atoms with Crippen LogP contribution in [0, 0.1) is 11.3 Å². The Morgan fingerprint density at radius 3 is 2.85 bits per heavy atom. The molecule has 0 unspecified atom stereocenters. The van der Waals surface area contributed by atoms with Crippen molar-refractivity contribution in [1.82, 2.24) is 0 Å². The predicted molar refractivity (Wildman–Crippen MR) is 46.7 cm³/mol. The first kappa shape index (κ1) is 9.07. The molecular weight excluding hydrogens is 168 g/mol. The molecule has 1 aromatic rings. The average molecular weight is 176 g/mol. The maximum Gasteiger partial charge on any atom is 0.341 e. The quantitative estimate of drug-likeness (QED) is 0.537. The molecule has 0 aromatic heterocycles. The van der Waals surface area contributed by atoms with Crippen LogP contribution in [0.1, 0.15) is 10.4 Å². The number of nitrogens with two attached hydrogens (primary N) is 1. The van der Waals surface area contributed by atoms with E-state index >= 15 is 0 Å². The summed E-state index contributed by atoms with van der Waals surface area (Å²) in [5.41, 5.74) is 6.15. The number of benzene rings is 1. The second kappa shape index (κ2) is 4.12. The van der Waals surface area contributed by atoms with Gasteiger partial charge in [-0.2, -0.15) is 5.26 Å². The minimum atomic E-state index is -0.570. The Labute approximate surface area is 75.5 Å². The number of carbonyl (C=O) groups excluding carboxylic acids is 1. The number of nitriles is 1. The first-order valence-corrected chi connectivity index (χ1v) is 3.64. The molecule has 0 saturated heterocycles. The number of carbonyl (C=O) groups is 1. The number of ether oxygens (including phenoxy) is 1. The molecule has 4 heteroatoms. The van der Waals surface area contributed by atoms with Crippen LogP contribution in [0.2, 0.25) is 0 Å². The Hall–Kier alpha value is -2.02. The highest BCUT2D eigenvalue weighted by Gasteiger charge is 2.08. The minimum Gasteiger partial charge on any atom is -0.447 e. The molecule has 0 saturated carbocycles. The van der Waals surface area contributed by atoms with Crippen LogP contribution in [0.5, 0.6) is 0 Å². The molecule has 0 atom stereocenters. The molecule has 0 aliphatic rings. The zero-order valence-electron chi connectivity index (χ0n) is 6.86. The van der Waals surface area contributed by atoms with E-state index in [9.17, 15) is 4.79 Å². The van der Waals surface area contributed by atoms with Crippen molar-refractivity contribution in [3.05, 3.63) is 29.8 Å². The molecule has 0 amide bonds. The van der Waals surface area contributed by atoms with Gasteiger partial charge >= 0.3 is 5.97 Å². The van der Waals surface area contributed by atoms with Crippen molar-refractivity contribution < 1.29 is 9.53 Å². The standard InChI is InChI=1S/C9H8N2O2/c10-5-6-13-9(12)7-3-1-2-4-8(7)11/h1-4H,6,11H2. The SMILES string of the molecule is N#CCOC(=O)c1ccccc1N. The third-order valence-electron chi connectivity index (χ3n) is 1.45. The highest BCUT2D eigenvalue weighted by atomic mass is 16.5. The van der Waals surface area contributed by atoms with Gasteiger partial charge in [-0.05, 0) is 12.1 Å². The summed E-state index contributed by atoms with van der Waals surface area (Å²) >= 11 is 0. The molecule has 1 aromatic carbocycles. The maximum atomic E-state index is 11.2. The Morgan fingerprint density at radius 1 is 1.54 bits per heavy atom. The van der Waals surface area contributed by atoms with Crippen molar-refractivity contribution in [3.8, 4) is 6.07 Å². The van der Waals surface area contributed by atoms with Crippen LogP contribution >= 0.6 is 0 Å². The zero-order valence-corrected chi connectivity index (χ0v) is 6.86. The lowest BCUT2D eigenvalue weighted by molar-refractivity contribution is 0.0556. The Bertz CT molecular complexity index is 355. The van der Waals surface area contributed by atoms with E-state index in [1.807, 2.05) is 0 Å². The third-order valence-corrected chi connectivity index (χ3v) is 1.45. The van der Waals surface area contributed by atoms with Gasteiger partial charge in [0, 0.05) is 5.69 Å². The van der Waals surface area contributed by atoms with Crippen LogP contribution in [-0.4, -0.2) is 12.6 Å². The van der Waals surface area contributed by atoms with Gasteiger partial charge in [0.1, 0.15) is 6.07 Å². The normalized spacial score (nSPS) is 8.85. The fourth-order valence-corrected chi connectivity index (χ4v) is 0.858. The van der Waals surface area contributed by atoms with Gasteiger partial charge in [0.2, 0.25) is 0 Å². The maximum absolute atomic E-state index is 11.2. The number of hydrogen-bond donors (Lipinski definition) is 1. The lowest BCUT2D eigenvalue weighted by Crippen LogP contribution is -2.07. The van der Waals surface area contributed by atoms with Crippen molar-refractivity contribution in [3.63, 3.8) is 0 Å². The Kier molecular flexibility index (Phi) is 2.87. The number of nitrogens with zero attached hydrogens (tertiary/aromatic N) is 1. The molecule has 0 bridgehead atoms. The Morgan fingerprint density at radius 2 is 2.23 bits per heavy atom. The molecule has 0 radical (unpaired) electrons. The molecule has 13 heavy (non-hydrogen) atoms. The first-order valence-electron chi connectivity index (χ1n) is 3.64. The molecular formula is C9H8N2O2. The molecule has 0 spiro atoms. The number of nitrogen functional groups attached to an aromatic ring is 1. The summed E-state index contributed by atoms with van der Waals surface area (Å²) in [6, 6.07) is 8.25. The van der Waals surface area contributed by atoms with Crippen molar-refractivity contribution in [2.24, 2.45) is 0 Å². The van der Waals surface area contributed by atoms with E-state index in [1.165, 1.54) is 0 Å². The van der Waals surface area contributed by atoms with E-state index in [1.54, 1.807) is 30.3 Å². The van der Waals surface area contributed by atoms with Crippen LogP contribution in [-0.2, 0) is 4.74 Å². The number of hydrogen-bond acceptors (Lipinski definition) is 4. The van der Waals surface area contributed by atoms with Crippen molar-refractivity contribution in [1.29, 1.82) is 5.26 Å². The van der Waals surface area contributed by atoms with E-state index in [2.05, 4.69) is 4.74 Å². The molecule has 1 rings (SSSR count). The van der Waals surface area contributed by atoms with E-state index in [0.29, 0.717) is 5.69 Å². The monoisotopic (exact) mass is 176 g/mol. The van der Waals surface area contributed by atoms with Gasteiger partial charge in [-0.1, -0.05) is 12.1 Å². The van der Waals surface area contributed by atoms with E-state index in [0.717, 1.165) is 0 Å². The van der Waals surface area contributed by atoms with Crippen molar-refractivity contribution in [2.75, 3.05) is 12.3 Å². The summed E-state index contributed by atoms with van der Waals surface area (Å²) < 4.78 is 4.58. The highest BCUT2D eigenvalue weighted by Crippen LogP contribution is 2.11. The largest absolute Gasteiger partial charge is 0.447 e. The fraction of sp³-hybridized carbons (Fsp3) is 0.111. The smallest absolute Gasteiger partial charge is 0.341 e. The van der Waals surface area contributed by atoms with Gasteiger partial charge in [0.15, 0.2) is 6.61 Å². The van der Waals surface area contributed by atoms with E-state index in [4.69, 9.17) is 11.0 Å². The minimum absolute atomic E-state index is 0.257. The van der Waals surface area contributed by atoms with E-state index in [-0.39, 0.29) is 12.2 Å². The first-order chi connectivity index (χ1) is 6.25. The van der Waals surface area contributed by atoms with Crippen LogP contribution in [0.25, 0.3) is 0 Å². The molecule has 0 fully saturated rings. The van der Waals surface area contributed by atoms with Gasteiger partial charge in [0.05, 0.1) is 5.56 Å². The van der Waals surface area contributed by atoms with Crippen LogP contribution in [0.15, 0.2) is 24.3 Å². The molecule has 2 N–H and O–H groups in total. The van der Waals surface area contributed by atoms with Crippen molar-refractivity contribution in [2.45, 2.75) is 0 Å².